The van der Waals surface area contributed by atoms with Crippen LogP contribution in [0.2, 0.25) is 0 Å². The van der Waals surface area contributed by atoms with Crippen LogP contribution >= 0.6 is 0 Å². The van der Waals surface area contributed by atoms with Gasteiger partial charge in [-0.1, -0.05) is 18.2 Å². The first-order chi connectivity index (χ1) is 14.6. The van der Waals surface area contributed by atoms with Gasteiger partial charge in [-0.15, -0.1) is 5.10 Å². The summed E-state index contributed by atoms with van der Waals surface area (Å²) in [6.45, 7) is 6.32. The first-order valence-corrected chi connectivity index (χ1v) is 9.99. The number of hydrogen-bond donors (Lipinski definition) is 0. The van der Waals surface area contributed by atoms with E-state index in [0.717, 1.165) is 29.9 Å². The molecule has 1 aromatic carbocycles. The topological polar surface area (TPSA) is 94.2 Å². The van der Waals surface area contributed by atoms with Gasteiger partial charge in [0.15, 0.2) is 5.82 Å². The maximum atomic E-state index is 12.7. The molecular formula is C20H26N8O2. The number of para-hydroxylation sites is 1. The van der Waals surface area contributed by atoms with Gasteiger partial charge in [0.2, 0.25) is 5.91 Å². The molecule has 4 rings (SSSR count). The summed E-state index contributed by atoms with van der Waals surface area (Å²) in [6.07, 6.45) is 3.74. The molecule has 3 heterocycles. The normalized spacial score (nSPS) is 14.7. The lowest BCUT2D eigenvalue weighted by Crippen LogP contribution is -2.37. The van der Waals surface area contributed by atoms with Gasteiger partial charge in [0.1, 0.15) is 6.54 Å². The number of tetrazole rings is 1. The summed E-state index contributed by atoms with van der Waals surface area (Å²) < 4.78 is 8.78. The van der Waals surface area contributed by atoms with E-state index in [4.69, 9.17) is 4.74 Å². The molecule has 0 atom stereocenters. The van der Waals surface area contributed by atoms with Crippen LogP contribution in [-0.2, 0) is 29.2 Å². The van der Waals surface area contributed by atoms with E-state index in [2.05, 4.69) is 25.5 Å². The molecule has 30 heavy (non-hydrogen) atoms. The lowest BCUT2D eigenvalue weighted by molar-refractivity contribution is -0.131. The Bertz CT molecular complexity index is 992. The predicted octanol–water partition coefficient (Wildman–Crippen LogP) is 0.658. The second-order valence-electron chi connectivity index (χ2n) is 7.47. The number of nitrogens with zero attached hydrogens (tertiary/aromatic N) is 8. The maximum Gasteiger partial charge on any atom is 0.244 e. The molecule has 0 bridgehead atoms. The molecule has 158 valence electrons. The van der Waals surface area contributed by atoms with Gasteiger partial charge in [-0.2, -0.15) is 5.10 Å². The van der Waals surface area contributed by atoms with Gasteiger partial charge in [-0.05, 0) is 29.0 Å². The molecule has 1 aliphatic rings. The molecular weight excluding hydrogens is 384 g/mol. The number of amides is 1. The molecule has 10 heteroatoms. The standard InChI is InChI=1S/C20H26N8O2/c1-16-5-3-4-6-18(16)27-13-17(11-21-27)12-25(2)20(29)15-28-19(22-23-24-28)14-26-7-9-30-10-8-26/h3-6,11,13H,7-10,12,14-15H2,1-2H3. The highest BCUT2D eigenvalue weighted by Crippen LogP contribution is 2.14. The van der Waals surface area contributed by atoms with E-state index in [1.807, 2.05) is 42.1 Å². The second-order valence-corrected chi connectivity index (χ2v) is 7.47. The number of likely N-dealkylation sites (N-methyl/N-ethyl adjacent to an activating group) is 1. The number of rotatable bonds is 7. The highest BCUT2D eigenvalue weighted by atomic mass is 16.5. The average molecular weight is 410 g/mol. The van der Waals surface area contributed by atoms with Crippen LogP contribution in [0.15, 0.2) is 36.7 Å². The molecule has 0 radical (unpaired) electrons. The number of benzene rings is 1. The van der Waals surface area contributed by atoms with E-state index >= 15 is 0 Å². The molecule has 0 unspecified atom stereocenters. The molecule has 0 aliphatic carbocycles. The van der Waals surface area contributed by atoms with Crippen molar-refractivity contribution < 1.29 is 9.53 Å². The van der Waals surface area contributed by atoms with E-state index < -0.39 is 0 Å². The maximum absolute atomic E-state index is 12.7. The van der Waals surface area contributed by atoms with Crippen molar-refractivity contribution in [3.8, 4) is 5.69 Å². The van der Waals surface area contributed by atoms with Crippen molar-refractivity contribution >= 4 is 5.91 Å². The Morgan fingerprint density at radius 2 is 2.03 bits per heavy atom. The molecule has 0 saturated carbocycles. The first kappa shape index (κ1) is 20.2. The molecule has 0 N–H and O–H groups in total. The lowest BCUT2D eigenvalue weighted by Gasteiger charge is -2.25. The Morgan fingerprint density at radius 1 is 1.23 bits per heavy atom. The van der Waals surface area contributed by atoms with Gasteiger partial charge in [0.05, 0.1) is 31.6 Å². The fraction of sp³-hybridized carbons (Fsp3) is 0.450. The lowest BCUT2D eigenvalue weighted by atomic mass is 10.2. The van der Waals surface area contributed by atoms with Crippen LogP contribution in [0.4, 0.5) is 0 Å². The minimum absolute atomic E-state index is 0.0610. The number of ether oxygens (including phenoxy) is 1. The Labute approximate surface area is 175 Å². The monoisotopic (exact) mass is 410 g/mol. The Balaban J connectivity index is 1.36. The number of aromatic nitrogens is 6. The summed E-state index contributed by atoms with van der Waals surface area (Å²) in [4.78, 5) is 16.6. The van der Waals surface area contributed by atoms with Crippen molar-refractivity contribution in [2.45, 2.75) is 26.6 Å². The third-order valence-electron chi connectivity index (χ3n) is 5.20. The van der Waals surface area contributed by atoms with E-state index in [-0.39, 0.29) is 12.5 Å². The second kappa shape index (κ2) is 9.14. The van der Waals surface area contributed by atoms with Gasteiger partial charge >= 0.3 is 0 Å². The Kier molecular flexibility index (Phi) is 6.15. The minimum atomic E-state index is -0.0610. The molecule has 10 nitrogen and oxygen atoms in total. The van der Waals surface area contributed by atoms with Gasteiger partial charge in [-0.25, -0.2) is 9.36 Å². The quantitative estimate of drug-likeness (QED) is 0.565. The smallest absolute Gasteiger partial charge is 0.244 e. The zero-order valence-electron chi connectivity index (χ0n) is 17.3. The molecule has 1 fully saturated rings. The SMILES string of the molecule is Cc1ccccc1-n1cc(CN(C)C(=O)Cn2nnnc2CN2CCOCC2)cn1. The highest BCUT2D eigenvalue weighted by molar-refractivity contribution is 5.75. The van der Waals surface area contributed by atoms with Crippen LogP contribution in [0.1, 0.15) is 17.0 Å². The van der Waals surface area contributed by atoms with Gasteiger partial charge < -0.3 is 9.64 Å². The number of aryl methyl sites for hydroxylation is 1. The molecule has 2 aromatic heterocycles. The van der Waals surface area contributed by atoms with E-state index in [1.165, 1.54) is 0 Å². The van der Waals surface area contributed by atoms with E-state index in [1.54, 1.807) is 22.8 Å². The van der Waals surface area contributed by atoms with Crippen LogP contribution < -0.4 is 0 Å². The van der Waals surface area contributed by atoms with Crippen LogP contribution in [0.5, 0.6) is 0 Å². The van der Waals surface area contributed by atoms with Crippen molar-refractivity contribution in [3.05, 3.63) is 53.6 Å². The van der Waals surface area contributed by atoms with Gasteiger partial charge in [-0.3, -0.25) is 9.69 Å². The third-order valence-corrected chi connectivity index (χ3v) is 5.20. The van der Waals surface area contributed by atoms with Crippen LogP contribution in [0, 0.1) is 6.92 Å². The average Bonchev–Trinajstić information content (AvgIpc) is 3.39. The summed E-state index contributed by atoms with van der Waals surface area (Å²) >= 11 is 0. The highest BCUT2D eigenvalue weighted by Gasteiger charge is 2.18. The molecule has 0 spiro atoms. The molecule has 1 amide bonds. The van der Waals surface area contributed by atoms with E-state index in [9.17, 15) is 4.79 Å². The summed E-state index contributed by atoms with van der Waals surface area (Å²) in [5, 5.41) is 16.3. The zero-order chi connectivity index (χ0) is 20.9. The minimum Gasteiger partial charge on any atom is -0.379 e. The molecule has 1 saturated heterocycles. The Hall–Kier alpha value is -3.11. The molecule has 1 aliphatic heterocycles. The van der Waals surface area contributed by atoms with Crippen LogP contribution in [0.3, 0.4) is 0 Å². The van der Waals surface area contributed by atoms with Crippen molar-refractivity contribution in [2.24, 2.45) is 0 Å². The fourth-order valence-corrected chi connectivity index (χ4v) is 3.42. The number of carbonyl (C=O) groups excluding carboxylic acids is 1. The van der Waals surface area contributed by atoms with Gasteiger partial charge in [0, 0.05) is 38.4 Å². The predicted molar refractivity (Wildman–Crippen MR) is 109 cm³/mol. The summed E-state index contributed by atoms with van der Waals surface area (Å²) in [6, 6.07) is 8.06. The van der Waals surface area contributed by atoms with Crippen molar-refractivity contribution in [1.82, 2.24) is 39.8 Å². The fourth-order valence-electron chi connectivity index (χ4n) is 3.42. The summed E-state index contributed by atoms with van der Waals surface area (Å²) in [5.41, 5.74) is 3.13. The third kappa shape index (κ3) is 4.71. The van der Waals surface area contributed by atoms with E-state index in [0.29, 0.717) is 32.1 Å². The van der Waals surface area contributed by atoms with Gasteiger partial charge in [0.25, 0.3) is 0 Å². The first-order valence-electron chi connectivity index (χ1n) is 9.99. The largest absolute Gasteiger partial charge is 0.379 e. The number of morpholine rings is 1. The molecule has 3 aromatic rings. The van der Waals surface area contributed by atoms with Crippen molar-refractivity contribution in [1.29, 1.82) is 0 Å². The zero-order valence-corrected chi connectivity index (χ0v) is 17.3. The number of hydrogen-bond acceptors (Lipinski definition) is 7. The van der Waals surface area contributed by atoms with Crippen LogP contribution in [0.25, 0.3) is 5.69 Å². The summed E-state index contributed by atoms with van der Waals surface area (Å²) in [5.74, 6) is 0.625. The van der Waals surface area contributed by atoms with Crippen molar-refractivity contribution in [3.63, 3.8) is 0 Å². The number of carbonyl (C=O) groups is 1. The summed E-state index contributed by atoms with van der Waals surface area (Å²) in [7, 11) is 1.78. The van der Waals surface area contributed by atoms with Crippen LogP contribution in [-0.4, -0.2) is 79.0 Å². The van der Waals surface area contributed by atoms with Crippen molar-refractivity contribution in [2.75, 3.05) is 33.4 Å². The Morgan fingerprint density at radius 3 is 2.83 bits per heavy atom.